The molecule has 4 aromatic rings. The molecule has 0 N–H and O–H groups in total. The summed E-state index contributed by atoms with van der Waals surface area (Å²) in [5.41, 5.74) is 0.662. The smallest absolute Gasteiger partial charge is 0.0620 e. The third-order valence-electron chi connectivity index (χ3n) is 6.64. The lowest BCUT2D eigenvalue weighted by Gasteiger charge is -2.34. The van der Waals surface area contributed by atoms with E-state index in [9.17, 15) is 0 Å². The highest BCUT2D eigenvalue weighted by Crippen LogP contribution is 3.07. The maximum Gasteiger partial charge on any atom is 0.232 e. The van der Waals surface area contributed by atoms with Crippen LogP contribution in [0, 0.1) is 0 Å². The van der Waals surface area contributed by atoms with Crippen LogP contribution >= 0.6 is 21.2 Å². The molecule has 4 aromatic carbocycles. The third kappa shape index (κ3) is 3.49. The molecule has 1 saturated heterocycles. The zero-order valence-corrected chi connectivity index (χ0v) is 21.6. The summed E-state index contributed by atoms with van der Waals surface area (Å²) in [5.74, 6) is 0. The van der Waals surface area contributed by atoms with Crippen LogP contribution in [0.25, 0.3) is 0 Å². The second-order valence-corrected chi connectivity index (χ2v) is 24.1. The van der Waals surface area contributed by atoms with Crippen molar-refractivity contribution < 1.29 is 0 Å². The molecule has 0 saturated carbocycles. The first-order valence-electron chi connectivity index (χ1n) is 11.5. The summed E-state index contributed by atoms with van der Waals surface area (Å²) in [6.45, 7) is 1.91. The molecular weight excluding hydrogens is 441 g/mol. The van der Waals surface area contributed by atoms with Crippen molar-refractivity contribution in [2.24, 2.45) is 0 Å². The maximum absolute atomic E-state index is 2.51. The highest BCUT2D eigenvalue weighted by molar-refractivity contribution is 8.77. The predicted octanol–water partition coefficient (Wildman–Crippen LogP) is 7.06. The SMILES string of the molecule is CC(C)P1[P+](c2ccccc2)(c2ccccc2)CC[P+]1(c1ccccc1)c1ccccc1. The molecule has 0 aliphatic carbocycles. The van der Waals surface area contributed by atoms with Gasteiger partial charge in [-0.05, 0) is 48.5 Å². The number of hydrogen-bond acceptors (Lipinski definition) is 0. The van der Waals surface area contributed by atoms with Gasteiger partial charge in [-0.3, -0.25) is 0 Å². The molecule has 1 fully saturated rings. The zero-order valence-electron chi connectivity index (χ0n) is 18.9. The summed E-state index contributed by atoms with van der Waals surface area (Å²) in [4.78, 5) is 0. The minimum Gasteiger partial charge on any atom is -0.0620 e. The first-order valence-corrected chi connectivity index (χ1v) is 18.3. The molecule has 0 aromatic heterocycles. The zero-order chi connectivity index (χ0) is 22.0. The van der Waals surface area contributed by atoms with Crippen LogP contribution in [0.15, 0.2) is 121 Å². The molecule has 32 heavy (non-hydrogen) atoms. The molecule has 0 unspecified atom stereocenters. The van der Waals surface area contributed by atoms with Crippen molar-refractivity contribution in [1.82, 2.24) is 0 Å². The quantitative estimate of drug-likeness (QED) is 0.273. The van der Waals surface area contributed by atoms with E-state index in [1.165, 1.54) is 12.3 Å². The number of rotatable bonds is 5. The Bertz CT molecular complexity index is 972. The molecule has 0 bridgehead atoms. The monoisotopic (exact) mass is 472 g/mol. The average molecular weight is 472 g/mol. The van der Waals surface area contributed by atoms with Crippen LogP contribution in [0.1, 0.15) is 13.8 Å². The molecule has 1 aliphatic rings. The van der Waals surface area contributed by atoms with Crippen molar-refractivity contribution in [2.75, 3.05) is 12.3 Å². The fraction of sp³-hybridized carbons (Fsp3) is 0.172. The predicted molar refractivity (Wildman–Crippen MR) is 150 cm³/mol. The van der Waals surface area contributed by atoms with Gasteiger partial charge in [-0.2, -0.15) is 0 Å². The molecule has 1 aliphatic heterocycles. The second kappa shape index (κ2) is 9.20. The lowest BCUT2D eigenvalue weighted by atomic mass is 10.4. The van der Waals surface area contributed by atoms with E-state index in [0.717, 1.165) is 0 Å². The highest BCUT2D eigenvalue weighted by Gasteiger charge is 2.74. The van der Waals surface area contributed by atoms with Crippen molar-refractivity contribution in [3.8, 4) is 0 Å². The second-order valence-electron chi connectivity index (χ2n) is 8.74. The van der Waals surface area contributed by atoms with E-state index in [1.807, 2.05) is 0 Å². The highest BCUT2D eigenvalue weighted by atomic mass is 32.5. The Kier molecular flexibility index (Phi) is 6.32. The standard InChI is InChI=1S/C29H31P3/c1-25(2)30-31(26-15-7-3-8-16-26,27-17-9-4-10-18-27)23-24-32(30,28-19-11-5-12-20-28)29-21-13-6-14-22-29/h3-22,25H,23-24H2,1-2H3/q+2. The van der Waals surface area contributed by atoms with Crippen molar-refractivity contribution in [3.05, 3.63) is 121 Å². The molecule has 5 rings (SSSR count). The Morgan fingerprint density at radius 2 is 0.719 bits per heavy atom. The van der Waals surface area contributed by atoms with Crippen molar-refractivity contribution in [3.63, 3.8) is 0 Å². The number of benzene rings is 4. The van der Waals surface area contributed by atoms with E-state index >= 15 is 0 Å². The van der Waals surface area contributed by atoms with E-state index in [2.05, 4.69) is 135 Å². The van der Waals surface area contributed by atoms with E-state index in [-0.39, 0.29) is 7.30 Å². The summed E-state index contributed by atoms with van der Waals surface area (Å²) >= 11 is 0. The van der Waals surface area contributed by atoms with Gasteiger partial charge in [-0.25, -0.2) is 0 Å². The molecule has 0 amide bonds. The lowest BCUT2D eigenvalue weighted by molar-refractivity contribution is 1.11. The largest absolute Gasteiger partial charge is 0.232 e. The van der Waals surface area contributed by atoms with Gasteiger partial charge < -0.3 is 0 Å². The van der Waals surface area contributed by atoms with E-state index < -0.39 is 13.9 Å². The molecular formula is C29H31P3+2. The average Bonchev–Trinajstić information content (AvgIpc) is 3.25. The van der Waals surface area contributed by atoms with Gasteiger partial charge in [0, 0.05) is 5.66 Å². The van der Waals surface area contributed by atoms with Crippen LogP contribution < -0.4 is 21.2 Å². The fourth-order valence-electron chi connectivity index (χ4n) is 5.53. The Hall–Kier alpha value is -1.83. The third-order valence-corrected chi connectivity index (χ3v) is 32.1. The van der Waals surface area contributed by atoms with E-state index in [0.29, 0.717) is 5.66 Å². The van der Waals surface area contributed by atoms with Crippen molar-refractivity contribution >= 4 is 42.4 Å². The van der Waals surface area contributed by atoms with E-state index in [4.69, 9.17) is 0 Å². The summed E-state index contributed by atoms with van der Waals surface area (Å²) in [6.07, 6.45) is 2.64. The van der Waals surface area contributed by atoms with Crippen LogP contribution in [-0.4, -0.2) is 18.0 Å². The Labute approximate surface area is 195 Å². The molecule has 0 spiro atoms. The lowest BCUT2D eigenvalue weighted by Crippen LogP contribution is -2.25. The molecule has 0 nitrogen and oxygen atoms in total. The summed E-state index contributed by atoms with van der Waals surface area (Å²) in [5, 5.41) is 6.44. The molecule has 0 radical (unpaired) electrons. The first-order chi connectivity index (χ1) is 15.7. The summed E-state index contributed by atoms with van der Waals surface area (Å²) in [6, 6.07) is 46.3. The maximum atomic E-state index is 2.51. The molecule has 0 atom stereocenters. The normalized spacial score (nSPS) is 17.5. The summed E-state index contributed by atoms with van der Waals surface area (Å²) in [7, 11) is -0.282. The van der Waals surface area contributed by atoms with Crippen molar-refractivity contribution in [2.45, 2.75) is 19.5 Å². The molecule has 1 heterocycles. The minimum atomic E-state index is -1.56. The minimum absolute atomic E-state index is 0.282. The Morgan fingerprint density at radius 3 is 0.938 bits per heavy atom. The van der Waals surface area contributed by atoms with Crippen LogP contribution in [-0.2, 0) is 0 Å². The van der Waals surface area contributed by atoms with Crippen LogP contribution in [0.5, 0.6) is 0 Å². The van der Waals surface area contributed by atoms with Gasteiger partial charge in [0.25, 0.3) is 0 Å². The van der Waals surface area contributed by atoms with Gasteiger partial charge in [-0.15, -0.1) is 0 Å². The molecule has 160 valence electrons. The van der Waals surface area contributed by atoms with Crippen LogP contribution in [0.3, 0.4) is 0 Å². The van der Waals surface area contributed by atoms with Gasteiger partial charge in [0.05, 0.1) is 0 Å². The first kappa shape index (κ1) is 22.0. The van der Waals surface area contributed by atoms with Gasteiger partial charge in [0.15, 0.2) is 0 Å². The van der Waals surface area contributed by atoms with E-state index in [1.54, 1.807) is 21.2 Å². The van der Waals surface area contributed by atoms with Gasteiger partial charge in [0.1, 0.15) is 47.4 Å². The Balaban J connectivity index is 1.85. The summed E-state index contributed by atoms with van der Waals surface area (Å²) < 4.78 is 0. The number of hydrogen-bond donors (Lipinski definition) is 0. The molecule has 3 heteroatoms. The van der Waals surface area contributed by atoms with Crippen LogP contribution in [0.4, 0.5) is 0 Å². The van der Waals surface area contributed by atoms with Gasteiger partial charge >= 0.3 is 0 Å². The topological polar surface area (TPSA) is 0 Å². The van der Waals surface area contributed by atoms with Gasteiger partial charge in [0.2, 0.25) is 7.30 Å². The van der Waals surface area contributed by atoms with Gasteiger partial charge in [-0.1, -0.05) is 86.6 Å². The van der Waals surface area contributed by atoms with Crippen LogP contribution in [0.2, 0.25) is 0 Å². The van der Waals surface area contributed by atoms with Crippen molar-refractivity contribution in [1.29, 1.82) is 0 Å². The fourth-order valence-corrected chi connectivity index (χ4v) is 39.2. The Morgan fingerprint density at radius 1 is 0.469 bits per heavy atom.